The van der Waals surface area contributed by atoms with Gasteiger partial charge >= 0.3 is 5.97 Å². The minimum atomic E-state index is -1.02. The highest BCUT2D eigenvalue weighted by Gasteiger charge is 2.11. The van der Waals surface area contributed by atoms with Crippen molar-refractivity contribution in [1.29, 1.82) is 0 Å². The second-order valence-electron chi connectivity index (χ2n) is 8.45. The maximum absolute atomic E-state index is 11.9. The lowest BCUT2D eigenvalue weighted by Gasteiger charge is -2.05. The van der Waals surface area contributed by atoms with Crippen LogP contribution in [-0.4, -0.2) is 58.2 Å². The van der Waals surface area contributed by atoms with Crippen molar-refractivity contribution in [3.8, 4) is 28.7 Å². The molecule has 0 bridgehead atoms. The lowest BCUT2D eigenvalue weighted by Crippen LogP contribution is -2.32. The van der Waals surface area contributed by atoms with Gasteiger partial charge in [0.25, 0.3) is 0 Å². The van der Waals surface area contributed by atoms with Crippen LogP contribution in [0, 0.1) is 0 Å². The third kappa shape index (κ3) is 10.3. The van der Waals surface area contributed by atoms with Crippen LogP contribution in [0.4, 0.5) is 0 Å². The maximum atomic E-state index is 11.9. The number of carboxylic acids is 1. The van der Waals surface area contributed by atoms with Gasteiger partial charge in [0.1, 0.15) is 11.8 Å². The summed E-state index contributed by atoms with van der Waals surface area (Å²) < 4.78 is 10.00. The Morgan fingerprint density at radius 1 is 0.775 bits per heavy atom. The highest BCUT2D eigenvalue weighted by Crippen LogP contribution is 2.27. The highest BCUT2D eigenvalue weighted by atomic mass is 16.5. The number of hydrogen-bond donors (Lipinski definition) is 5. The smallest absolute Gasteiger partial charge is 0.320 e. The Labute approximate surface area is 231 Å². The molecule has 0 radical (unpaired) electrons. The van der Waals surface area contributed by atoms with Crippen LogP contribution >= 0.6 is 0 Å². The summed E-state index contributed by atoms with van der Waals surface area (Å²) in [4.78, 5) is 34.3. The highest BCUT2D eigenvalue weighted by molar-refractivity contribution is 6.10. The van der Waals surface area contributed by atoms with E-state index in [1.54, 1.807) is 48.6 Å². The second kappa shape index (κ2) is 15.4. The fourth-order valence-electron chi connectivity index (χ4n) is 3.24. The lowest BCUT2D eigenvalue weighted by atomic mass is 10.1. The van der Waals surface area contributed by atoms with Crippen LogP contribution < -0.4 is 15.2 Å². The van der Waals surface area contributed by atoms with Crippen molar-refractivity contribution in [2.24, 2.45) is 5.73 Å². The monoisotopic (exact) mass is 549 g/mol. The number of ketones is 2. The molecule has 0 aliphatic heterocycles. The van der Waals surface area contributed by atoms with Gasteiger partial charge in [-0.2, -0.15) is 0 Å². The Hall–Kier alpha value is -5.09. The molecule has 0 aliphatic carbocycles. The predicted octanol–water partition coefficient (Wildman–Crippen LogP) is 3.72. The number of methoxy groups -OCH3 is 2. The van der Waals surface area contributed by atoms with Crippen LogP contribution in [0.25, 0.3) is 12.2 Å². The number of nitrogens with two attached hydrogens (primary N) is 1. The zero-order valence-corrected chi connectivity index (χ0v) is 22.0. The molecule has 1 atom stereocenters. The molecule has 3 rings (SSSR count). The Kier molecular flexibility index (Phi) is 11.9. The molecule has 0 spiro atoms. The molecule has 0 amide bonds. The first-order valence-corrected chi connectivity index (χ1v) is 11.9. The standard InChI is InChI=1S/C21H20O6.C9H11NO3/c1-26-20-11-14(5-9-18(20)24)3-7-16(22)13-17(23)8-4-15-6-10-19(25)21(12-15)27-2;10-8(9(12)13)5-6-1-3-7(11)4-2-6/h3-12,24-25H,13H2,1-2H3;1-4,8,11H,5,10H2,(H,12,13)/b7-3+,8-4+;. The van der Waals surface area contributed by atoms with E-state index in [0.717, 1.165) is 5.56 Å². The number of phenolic OH excluding ortho intramolecular Hbond substituents is 3. The maximum Gasteiger partial charge on any atom is 0.320 e. The fraction of sp³-hybridized carbons (Fsp3) is 0.167. The van der Waals surface area contributed by atoms with E-state index in [2.05, 4.69) is 0 Å². The van der Waals surface area contributed by atoms with E-state index < -0.39 is 12.0 Å². The Morgan fingerprint density at radius 2 is 1.23 bits per heavy atom. The van der Waals surface area contributed by atoms with Crippen LogP contribution in [0.3, 0.4) is 0 Å². The normalized spacial score (nSPS) is 11.5. The number of allylic oxidation sites excluding steroid dienone is 2. The van der Waals surface area contributed by atoms with Crippen LogP contribution in [0.5, 0.6) is 28.7 Å². The number of carbonyl (C=O) groups excluding carboxylic acids is 2. The van der Waals surface area contributed by atoms with Crippen molar-refractivity contribution in [1.82, 2.24) is 0 Å². The molecular formula is C30H31NO9. The molecule has 0 saturated heterocycles. The van der Waals surface area contributed by atoms with Crippen molar-refractivity contribution in [3.63, 3.8) is 0 Å². The molecule has 10 nitrogen and oxygen atoms in total. The Morgan fingerprint density at radius 3 is 1.62 bits per heavy atom. The molecule has 3 aromatic carbocycles. The molecule has 40 heavy (non-hydrogen) atoms. The van der Waals surface area contributed by atoms with Crippen molar-refractivity contribution in [2.45, 2.75) is 18.9 Å². The molecule has 0 saturated carbocycles. The largest absolute Gasteiger partial charge is 0.508 e. The summed E-state index contributed by atoms with van der Waals surface area (Å²) in [5.41, 5.74) is 7.45. The number of benzene rings is 3. The van der Waals surface area contributed by atoms with Gasteiger partial charge in [-0.1, -0.05) is 36.4 Å². The predicted molar refractivity (Wildman–Crippen MR) is 149 cm³/mol. The molecule has 10 heteroatoms. The SMILES string of the molecule is COc1cc(/C=C/C(=O)CC(=O)/C=C/c2ccc(O)c(OC)c2)ccc1O.NC(Cc1ccc(O)cc1)C(=O)O. The molecule has 210 valence electrons. The first-order chi connectivity index (χ1) is 19.0. The summed E-state index contributed by atoms with van der Waals surface area (Å²) >= 11 is 0. The van der Waals surface area contributed by atoms with Gasteiger partial charge in [0.15, 0.2) is 34.6 Å². The van der Waals surface area contributed by atoms with E-state index >= 15 is 0 Å². The fourth-order valence-corrected chi connectivity index (χ4v) is 3.24. The molecule has 0 aliphatic rings. The molecule has 6 N–H and O–H groups in total. The summed E-state index contributed by atoms with van der Waals surface area (Å²) in [5, 5.41) is 36.6. The number of aromatic hydroxyl groups is 3. The summed E-state index contributed by atoms with van der Waals surface area (Å²) in [7, 11) is 2.87. The van der Waals surface area contributed by atoms with E-state index in [9.17, 15) is 24.6 Å². The summed E-state index contributed by atoms with van der Waals surface area (Å²) in [6.07, 6.45) is 5.72. The van der Waals surface area contributed by atoms with Gasteiger partial charge in [-0.15, -0.1) is 0 Å². The van der Waals surface area contributed by atoms with Gasteiger partial charge in [0.05, 0.1) is 20.6 Å². The molecule has 1 unspecified atom stereocenters. The summed E-state index contributed by atoms with van der Waals surface area (Å²) in [5.74, 6) is -0.944. The Balaban J connectivity index is 0.000000360. The minimum Gasteiger partial charge on any atom is -0.508 e. The van der Waals surface area contributed by atoms with Crippen molar-refractivity contribution in [3.05, 3.63) is 89.5 Å². The summed E-state index contributed by atoms with van der Waals surface area (Å²) in [6.45, 7) is 0. The number of carbonyl (C=O) groups is 3. The Bertz CT molecular complexity index is 1300. The molecular weight excluding hydrogens is 518 g/mol. The van der Waals surface area contributed by atoms with Gasteiger partial charge < -0.3 is 35.6 Å². The van der Waals surface area contributed by atoms with Gasteiger partial charge in [0.2, 0.25) is 0 Å². The average Bonchev–Trinajstić information content (AvgIpc) is 2.93. The number of aliphatic carboxylic acids is 1. The average molecular weight is 550 g/mol. The second-order valence-corrected chi connectivity index (χ2v) is 8.45. The van der Waals surface area contributed by atoms with Gasteiger partial charge in [-0.3, -0.25) is 14.4 Å². The summed E-state index contributed by atoms with van der Waals surface area (Å²) in [6, 6.07) is 14.8. The molecule has 0 aromatic heterocycles. The van der Waals surface area contributed by atoms with E-state index in [-0.39, 0.29) is 41.7 Å². The minimum absolute atomic E-state index is 0.00662. The van der Waals surface area contributed by atoms with Crippen LogP contribution in [0.1, 0.15) is 23.1 Å². The number of rotatable bonds is 11. The zero-order valence-electron chi connectivity index (χ0n) is 22.0. The number of phenols is 3. The van der Waals surface area contributed by atoms with Crippen molar-refractivity contribution >= 4 is 29.7 Å². The van der Waals surface area contributed by atoms with E-state index in [1.165, 1.54) is 50.6 Å². The van der Waals surface area contributed by atoms with Crippen LogP contribution in [0.15, 0.2) is 72.8 Å². The topological polar surface area (TPSA) is 177 Å². The van der Waals surface area contributed by atoms with E-state index in [4.69, 9.17) is 25.4 Å². The number of ether oxygens (including phenoxy) is 2. The first-order valence-electron chi connectivity index (χ1n) is 11.9. The van der Waals surface area contributed by atoms with E-state index in [0.29, 0.717) is 22.6 Å². The van der Waals surface area contributed by atoms with Crippen molar-refractivity contribution < 1.29 is 44.3 Å². The molecule has 0 heterocycles. The van der Waals surface area contributed by atoms with Crippen LogP contribution in [0.2, 0.25) is 0 Å². The zero-order chi connectivity index (χ0) is 29.7. The van der Waals surface area contributed by atoms with Gasteiger partial charge in [0, 0.05) is 0 Å². The van der Waals surface area contributed by atoms with Crippen LogP contribution in [-0.2, 0) is 20.8 Å². The molecule has 0 fully saturated rings. The van der Waals surface area contributed by atoms with Gasteiger partial charge in [-0.05, 0) is 71.7 Å². The van der Waals surface area contributed by atoms with E-state index in [1.807, 2.05) is 0 Å². The van der Waals surface area contributed by atoms with Crippen molar-refractivity contribution in [2.75, 3.05) is 14.2 Å². The lowest BCUT2D eigenvalue weighted by molar-refractivity contribution is -0.138. The quantitative estimate of drug-likeness (QED) is 0.175. The number of carboxylic acid groups (broad SMARTS) is 1. The molecule has 3 aromatic rings. The third-order valence-corrected chi connectivity index (χ3v) is 5.39. The van der Waals surface area contributed by atoms with Gasteiger partial charge in [-0.25, -0.2) is 0 Å². The first kappa shape index (κ1) is 31.1. The number of hydrogen-bond acceptors (Lipinski definition) is 9. The third-order valence-electron chi connectivity index (χ3n) is 5.39.